The molecule has 2 aromatic carbocycles. The number of aliphatic hydroxyl groups excluding tert-OH is 1. The first kappa shape index (κ1) is 17.3. The van der Waals surface area contributed by atoms with E-state index in [1.807, 2.05) is 48.5 Å². The molecule has 0 spiro atoms. The molecule has 1 aliphatic heterocycles. The van der Waals surface area contributed by atoms with Crippen molar-refractivity contribution in [1.82, 2.24) is 0 Å². The lowest BCUT2D eigenvalue weighted by Crippen LogP contribution is -2.10. The molecule has 6 heteroatoms. The number of ether oxygens (including phenoxy) is 1. The zero-order valence-corrected chi connectivity index (χ0v) is 14.8. The van der Waals surface area contributed by atoms with Crippen molar-refractivity contribution in [1.29, 1.82) is 0 Å². The molecule has 0 saturated carbocycles. The summed E-state index contributed by atoms with van der Waals surface area (Å²) < 4.78 is 4.79. The SMILES string of the molecule is COC(=O)C1=C(O)C(=Cc2ccccc2Cl)SC1=Nc1ccccc1. The standard InChI is InChI=1S/C19H14ClNO3S/c1-24-19(23)16-17(22)15(11-12-7-5-6-10-14(12)20)25-18(16)21-13-8-3-2-4-9-13/h2-11,22H,1H3. The van der Waals surface area contributed by atoms with Gasteiger partial charge in [0.2, 0.25) is 0 Å². The van der Waals surface area contributed by atoms with Crippen molar-refractivity contribution in [3.63, 3.8) is 0 Å². The van der Waals surface area contributed by atoms with E-state index < -0.39 is 5.97 Å². The van der Waals surface area contributed by atoms with E-state index in [0.717, 1.165) is 5.56 Å². The van der Waals surface area contributed by atoms with Gasteiger partial charge in [0.15, 0.2) is 0 Å². The van der Waals surface area contributed by atoms with Crippen LogP contribution in [-0.2, 0) is 9.53 Å². The number of methoxy groups -OCH3 is 1. The molecular formula is C19H14ClNO3S. The lowest BCUT2D eigenvalue weighted by molar-refractivity contribution is -0.135. The third kappa shape index (κ3) is 3.78. The first-order valence-electron chi connectivity index (χ1n) is 7.40. The number of benzene rings is 2. The van der Waals surface area contributed by atoms with Gasteiger partial charge in [-0.3, -0.25) is 0 Å². The maximum Gasteiger partial charge on any atom is 0.344 e. The van der Waals surface area contributed by atoms with Gasteiger partial charge in [0.25, 0.3) is 0 Å². The summed E-state index contributed by atoms with van der Waals surface area (Å²) in [5, 5.41) is 11.5. The van der Waals surface area contributed by atoms with Crippen molar-refractivity contribution in [2.75, 3.05) is 7.11 Å². The van der Waals surface area contributed by atoms with Crippen molar-refractivity contribution in [3.05, 3.63) is 81.4 Å². The van der Waals surface area contributed by atoms with Crippen molar-refractivity contribution >= 4 is 46.1 Å². The molecule has 25 heavy (non-hydrogen) atoms. The number of hydrogen-bond acceptors (Lipinski definition) is 5. The van der Waals surface area contributed by atoms with Crippen molar-refractivity contribution in [2.45, 2.75) is 0 Å². The third-order valence-corrected chi connectivity index (χ3v) is 4.82. The minimum Gasteiger partial charge on any atom is -0.506 e. The van der Waals surface area contributed by atoms with Gasteiger partial charge in [-0.05, 0) is 29.8 Å². The van der Waals surface area contributed by atoms with Gasteiger partial charge in [-0.25, -0.2) is 9.79 Å². The zero-order chi connectivity index (χ0) is 17.8. The predicted molar refractivity (Wildman–Crippen MR) is 102 cm³/mol. The number of hydrogen-bond donors (Lipinski definition) is 1. The minimum atomic E-state index is -0.637. The Labute approximate surface area is 154 Å². The first-order valence-corrected chi connectivity index (χ1v) is 8.59. The Balaban J connectivity index is 2.07. The molecule has 4 nitrogen and oxygen atoms in total. The second kappa shape index (κ2) is 7.59. The number of aliphatic hydroxyl groups is 1. The Morgan fingerprint density at radius 1 is 1.16 bits per heavy atom. The summed E-state index contributed by atoms with van der Waals surface area (Å²) in [7, 11) is 1.27. The van der Waals surface area contributed by atoms with Gasteiger partial charge in [-0.15, -0.1) is 0 Å². The number of esters is 1. The van der Waals surface area contributed by atoms with Crippen molar-refractivity contribution < 1.29 is 14.6 Å². The van der Waals surface area contributed by atoms with Crippen molar-refractivity contribution in [2.24, 2.45) is 4.99 Å². The number of aliphatic imine (C=N–C) groups is 1. The summed E-state index contributed by atoms with van der Waals surface area (Å²) in [4.78, 5) is 17.1. The maximum absolute atomic E-state index is 12.1. The topological polar surface area (TPSA) is 58.9 Å². The number of carbonyl (C=O) groups excluding carboxylic acids is 1. The number of rotatable bonds is 3. The summed E-state index contributed by atoms with van der Waals surface area (Å²) in [5.74, 6) is -0.798. The number of carbonyl (C=O) groups is 1. The van der Waals surface area contributed by atoms with Crippen LogP contribution in [0.1, 0.15) is 5.56 Å². The summed E-state index contributed by atoms with van der Waals surface area (Å²) in [6, 6.07) is 16.5. The fraction of sp³-hybridized carbons (Fsp3) is 0.0526. The maximum atomic E-state index is 12.1. The van der Waals surface area contributed by atoms with Crippen LogP contribution in [-0.4, -0.2) is 23.2 Å². The molecule has 0 radical (unpaired) electrons. The van der Waals surface area contributed by atoms with Crippen LogP contribution in [0.2, 0.25) is 5.02 Å². The highest BCUT2D eigenvalue weighted by atomic mass is 35.5. The molecule has 3 rings (SSSR count). The predicted octanol–water partition coefficient (Wildman–Crippen LogP) is 5.14. The van der Waals surface area contributed by atoms with Crippen LogP contribution in [0.3, 0.4) is 0 Å². The molecule has 2 aromatic rings. The van der Waals surface area contributed by atoms with Crippen LogP contribution in [0.15, 0.2) is 75.8 Å². The molecule has 0 amide bonds. The number of nitrogens with zero attached hydrogens (tertiary/aromatic N) is 1. The second-order valence-corrected chi connectivity index (χ2v) is 6.54. The highest BCUT2D eigenvalue weighted by Gasteiger charge is 2.33. The van der Waals surface area contributed by atoms with Gasteiger partial charge in [-0.2, -0.15) is 0 Å². The van der Waals surface area contributed by atoms with Crippen LogP contribution in [0.4, 0.5) is 5.69 Å². The molecule has 0 fully saturated rings. The Morgan fingerprint density at radius 3 is 2.52 bits per heavy atom. The van der Waals surface area contributed by atoms with Crippen molar-refractivity contribution in [3.8, 4) is 0 Å². The lowest BCUT2D eigenvalue weighted by atomic mass is 10.1. The largest absolute Gasteiger partial charge is 0.506 e. The smallest absolute Gasteiger partial charge is 0.344 e. The van der Waals surface area contributed by atoms with E-state index >= 15 is 0 Å². The Morgan fingerprint density at radius 2 is 1.84 bits per heavy atom. The fourth-order valence-electron chi connectivity index (χ4n) is 2.24. The molecule has 0 aliphatic carbocycles. The molecule has 0 bridgehead atoms. The molecule has 1 aliphatic rings. The van der Waals surface area contributed by atoms with Crippen LogP contribution < -0.4 is 0 Å². The van der Waals surface area contributed by atoms with Gasteiger partial charge in [-0.1, -0.05) is 59.8 Å². The third-order valence-electron chi connectivity index (χ3n) is 3.46. The van der Waals surface area contributed by atoms with E-state index in [-0.39, 0.29) is 11.3 Å². The first-order chi connectivity index (χ1) is 12.1. The summed E-state index contributed by atoms with van der Waals surface area (Å²) in [5.41, 5.74) is 1.47. The van der Waals surface area contributed by atoms with Crippen LogP contribution in [0, 0.1) is 0 Å². The van der Waals surface area contributed by atoms with Gasteiger partial charge in [0.05, 0.1) is 17.7 Å². The molecule has 0 atom stereocenters. The van der Waals surface area contributed by atoms with Crippen LogP contribution in [0.5, 0.6) is 0 Å². The fourth-order valence-corrected chi connectivity index (χ4v) is 3.46. The Bertz CT molecular complexity index is 904. The molecule has 0 saturated heterocycles. The van der Waals surface area contributed by atoms with E-state index in [4.69, 9.17) is 16.3 Å². The molecule has 1 heterocycles. The van der Waals surface area contributed by atoms with Crippen LogP contribution >= 0.6 is 23.4 Å². The Hall–Kier alpha value is -2.50. The molecule has 0 unspecified atom stereocenters. The van der Waals surface area contributed by atoms with Gasteiger partial charge >= 0.3 is 5.97 Å². The number of thioether (sulfide) groups is 1. The average Bonchev–Trinajstić information content (AvgIpc) is 2.92. The van der Waals surface area contributed by atoms with Crippen LogP contribution in [0.25, 0.3) is 6.08 Å². The molecule has 0 aromatic heterocycles. The van der Waals surface area contributed by atoms with E-state index in [9.17, 15) is 9.90 Å². The van der Waals surface area contributed by atoms with Gasteiger partial charge in [0, 0.05) is 5.02 Å². The number of para-hydroxylation sites is 1. The molecular weight excluding hydrogens is 358 g/mol. The highest BCUT2D eigenvalue weighted by Crippen LogP contribution is 2.40. The second-order valence-electron chi connectivity index (χ2n) is 5.10. The lowest BCUT2D eigenvalue weighted by Gasteiger charge is -2.01. The summed E-state index contributed by atoms with van der Waals surface area (Å²) in [6.45, 7) is 0. The van der Waals surface area contributed by atoms with E-state index in [1.54, 1.807) is 12.1 Å². The van der Waals surface area contributed by atoms with E-state index in [1.165, 1.54) is 18.9 Å². The summed E-state index contributed by atoms with van der Waals surface area (Å²) >= 11 is 7.37. The summed E-state index contributed by atoms with van der Waals surface area (Å²) in [6.07, 6.45) is 1.72. The quantitative estimate of drug-likeness (QED) is 0.758. The average molecular weight is 372 g/mol. The monoisotopic (exact) mass is 371 g/mol. The molecule has 126 valence electrons. The van der Waals surface area contributed by atoms with E-state index in [0.29, 0.717) is 20.7 Å². The number of halogens is 1. The highest BCUT2D eigenvalue weighted by molar-refractivity contribution is 8.18. The van der Waals surface area contributed by atoms with E-state index in [2.05, 4.69) is 4.99 Å². The molecule has 1 N–H and O–H groups in total. The zero-order valence-electron chi connectivity index (χ0n) is 13.3. The van der Waals surface area contributed by atoms with Gasteiger partial charge in [0.1, 0.15) is 16.4 Å². The van der Waals surface area contributed by atoms with Gasteiger partial charge < -0.3 is 9.84 Å². The Kier molecular flexibility index (Phi) is 5.26. The normalized spacial score (nSPS) is 17.4. The minimum absolute atomic E-state index is 0.0506.